The van der Waals surface area contributed by atoms with E-state index >= 15 is 0 Å². The number of terminal acetylenes is 1. The molecular formula is C12H12N2S. The van der Waals surface area contributed by atoms with Gasteiger partial charge in [0.15, 0.2) is 0 Å². The van der Waals surface area contributed by atoms with Gasteiger partial charge in [-0.25, -0.2) is 4.98 Å². The zero-order chi connectivity index (χ0) is 10.7. The van der Waals surface area contributed by atoms with Crippen LogP contribution in [-0.4, -0.2) is 11.5 Å². The summed E-state index contributed by atoms with van der Waals surface area (Å²) in [6.07, 6.45) is 5.20. The van der Waals surface area contributed by atoms with E-state index in [0.29, 0.717) is 6.54 Å². The number of nitrogens with zero attached hydrogens (tertiary/aromatic N) is 1. The molecule has 2 nitrogen and oxygen atoms in total. The van der Waals surface area contributed by atoms with Crippen LogP contribution in [-0.2, 0) is 0 Å². The van der Waals surface area contributed by atoms with Crippen molar-refractivity contribution in [3.05, 3.63) is 29.3 Å². The highest BCUT2D eigenvalue weighted by atomic mass is 32.1. The van der Waals surface area contributed by atoms with Crippen molar-refractivity contribution in [2.24, 2.45) is 0 Å². The molecule has 0 saturated heterocycles. The SMILES string of the molecule is C#CCNC(C)c1nc2ccccc2s1. The maximum Gasteiger partial charge on any atom is 0.111 e. The molecule has 0 amide bonds. The smallest absolute Gasteiger partial charge is 0.111 e. The van der Waals surface area contributed by atoms with Gasteiger partial charge in [-0.3, -0.25) is 5.32 Å². The number of benzene rings is 1. The zero-order valence-corrected chi connectivity index (χ0v) is 9.34. The number of hydrogen-bond acceptors (Lipinski definition) is 3. The Balaban J connectivity index is 2.25. The van der Waals surface area contributed by atoms with Gasteiger partial charge in [-0.1, -0.05) is 18.1 Å². The molecule has 1 aromatic carbocycles. The Morgan fingerprint density at radius 3 is 3.07 bits per heavy atom. The summed E-state index contributed by atoms with van der Waals surface area (Å²) in [5.74, 6) is 2.57. The predicted octanol–water partition coefficient (Wildman–Crippen LogP) is 2.58. The van der Waals surface area contributed by atoms with Gasteiger partial charge < -0.3 is 0 Å². The Morgan fingerprint density at radius 1 is 1.53 bits per heavy atom. The van der Waals surface area contributed by atoms with Gasteiger partial charge in [-0.05, 0) is 19.1 Å². The standard InChI is InChI=1S/C12H12N2S/c1-3-8-13-9(2)12-14-10-6-4-5-7-11(10)15-12/h1,4-7,9,13H,8H2,2H3. The molecule has 2 aromatic rings. The molecule has 0 spiro atoms. The maximum atomic E-state index is 5.20. The lowest BCUT2D eigenvalue weighted by Gasteiger charge is -2.06. The van der Waals surface area contributed by atoms with Gasteiger partial charge in [0, 0.05) is 0 Å². The molecule has 0 radical (unpaired) electrons. The molecule has 0 aliphatic carbocycles. The monoisotopic (exact) mass is 216 g/mol. The minimum atomic E-state index is 0.221. The Bertz CT molecular complexity index is 463. The minimum absolute atomic E-state index is 0.221. The summed E-state index contributed by atoms with van der Waals surface area (Å²) in [5, 5.41) is 4.31. The molecule has 1 N–H and O–H groups in total. The molecule has 0 aliphatic rings. The second-order valence-corrected chi connectivity index (χ2v) is 4.39. The molecule has 1 atom stereocenters. The molecule has 15 heavy (non-hydrogen) atoms. The van der Waals surface area contributed by atoms with Gasteiger partial charge in [-0.2, -0.15) is 0 Å². The predicted molar refractivity (Wildman–Crippen MR) is 64.9 cm³/mol. The van der Waals surface area contributed by atoms with E-state index in [4.69, 9.17) is 6.42 Å². The van der Waals surface area contributed by atoms with Crippen LogP contribution in [0.15, 0.2) is 24.3 Å². The van der Waals surface area contributed by atoms with Crippen LogP contribution < -0.4 is 5.32 Å². The van der Waals surface area contributed by atoms with Crippen LogP contribution in [0.3, 0.4) is 0 Å². The van der Waals surface area contributed by atoms with Crippen LogP contribution in [0, 0.1) is 12.3 Å². The Morgan fingerprint density at radius 2 is 2.33 bits per heavy atom. The molecule has 0 bridgehead atoms. The van der Waals surface area contributed by atoms with Crippen molar-refractivity contribution in [2.75, 3.05) is 6.54 Å². The average molecular weight is 216 g/mol. The van der Waals surface area contributed by atoms with E-state index in [-0.39, 0.29) is 6.04 Å². The van der Waals surface area contributed by atoms with E-state index in [1.54, 1.807) is 11.3 Å². The zero-order valence-electron chi connectivity index (χ0n) is 8.53. The number of fused-ring (bicyclic) bond motifs is 1. The van der Waals surface area contributed by atoms with E-state index in [2.05, 4.69) is 29.2 Å². The van der Waals surface area contributed by atoms with Crippen molar-refractivity contribution in [3.63, 3.8) is 0 Å². The van der Waals surface area contributed by atoms with Crippen LogP contribution in [0.25, 0.3) is 10.2 Å². The molecule has 0 saturated carbocycles. The largest absolute Gasteiger partial charge is 0.297 e. The summed E-state index contributed by atoms with van der Waals surface area (Å²) >= 11 is 1.71. The normalized spacial score (nSPS) is 12.5. The lowest BCUT2D eigenvalue weighted by molar-refractivity contribution is 0.620. The lowest BCUT2D eigenvalue weighted by atomic mass is 10.3. The number of rotatable bonds is 3. The molecule has 2 rings (SSSR count). The molecule has 1 aromatic heterocycles. The fraction of sp³-hybridized carbons (Fsp3) is 0.250. The van der Waals surface area contributed by atoms with Crippen molar-refractivity contribution in [2.45, 2.75) is 13.0 Å². The van der Waals surface area contributed by atoms with Crippen molar-refractivity contribution in [3.8, 4) is 12.3 Å². The van der Waals surface area contributed by atoms with Gasteiger partial charge in [0.2, 0.25) is 0 Å². The highest BCUT2D eigenvalue weighted by molar-refractivity contribution is 7.18. The minimum Gasteiger partial charge on any atom is -0.297 e. The molecule has 0 fully saturated rings. The average Bonchev–Trinajstić information content (AvgIpc) is 2.69. The molecular weight excluding hydrogens is 204 g/mol. The highest BCUT2D eigenvalue weighted by Crippen LogP contribution is 2.25. The van der Waals surface area contributed by atoms with Gasteiger partial charge in [0.1, 0.15) is 5.01 Å². The summed E-state index contributed by atoms with van der Waals surface area (Å²) in [5.41, 5.74) is 1.06. The number of hydrogen-bond donors (Lipinski definition) is 1. The second kappa shape index (κ2) is 4.43. The van der Waals surface area contributed by atoms with E-state index in [9.17, 15) is 0 Å². The first-order chi connectivity index (χ1) is 7.31. The highest BCUT2D eigenvalue weighted by Gasteiger charge is 2.09. The van der Waals surface area contributed by atoms with Crippen molar-refractivity contribution < 1.29 is 0 Å². The Kier molecular flexibility index (Phi) is 3.00. The first-order valence-corrected chi connectivity index (χ1v) is 5.65. The topological polar surface area (TPSA) is 24.9 Å². The van der Waals surface area contributed by atoms with Crippen LogP contribution in [0.1, 0.15) is 18.0 Å². The fourth-order valence-electron chi connectivity index (χ4n) is 1.37. The van der Waals surface area contributed by atoms with E-state index in [1.807, 2.05) is 18.2 Å². The van der Waals surface area contributed by atoms with E-state index in [1.165, 1.54) is 4.70 Å². The third-order valence-electron chi connectivity index (χ3n) is 2.19. The first-order valence-electron chi connectivity index (χ1n) is 4.83. The lowest BCUT2D eigenvalue weighted by Crippen LogP contribution is -2.18. The van der Waals surface area contributed by atoms with Gasteiger partial charge in [0.25, 0.3) is 0 Å². The third-order valence-corrected chi connectivity index (χ3v) is 3.41. The fourth-order valence-corrected chi connectivity index (χ4v) is 2.37. The van der Waals surface area contributed by atoms with Crippen molar-refractivity contribution in [1.82, 2.24) is 10.3 Å². The van der Waals surface area contributed by atoms with Crippen LogP contribution in [0.4, 0.5) is 0 Å². The van der Waals surface area contributed by atoms with E-state index in [0.717, 1.165) is 10.5 Å². The van der Waals surface area contributed by atoms with Crippen molar-refractivity contribution in [1.29, 1.82) is 0 Å². The summed E-state index contributed by atoms with van der Waals surface area (Å²) in [4.78, 5) is 4.55. The number of nitrogens with one attached hydrogen (secondary N) is 1. The van der Waals surface area contributed by atoms with Crippen LogP contribution in [0.2, 0.25) is 0 Å². The molecule has 0 aliphatic heterocycles. The van der Waals surface area contributed by atoms with Crippen LogP contribution in [0.5, 0.6) is 0 Å². The molecule has 3 heteroatoms. The third kappa shape index (κ3) is 2.17. The number of para-hydroxylation sites is 1. The van der Waals surface area contributed by atoms with Gasteiger partial charge in [-0.15, -0.1) is 17.8 Å². The van der Waals surface area contributed by atoms with Gasteiger partial charge >= 0.3 is 0 Å². The molecule has 1 unspecified atom stereocenters. The summed E-state index contributed by atoms with van der Waals surface area (Å²) in [7, 11) is 0. The summed E-state index contributed by atoms with van der Waals surface area (Å²) < 4.78 is 1.22. The first kappa shape index (κ1) is 10.2. The number of aromatic nitrogens is 1. The Labute approximate surface area is 93.3 Å². The Hall–Kier alpha value is -1.37. The number of thiazole rings is 1. The molecule has 1 heterocycles. The second-order valence-electron chi connectivity index (χ2n) is 3.33. The van der Waals surface area contributed by atoms with Crippen molar-refractivity contribution >= 4 is 21.6 Å². The van der Waals surface area contributed by atoms with Crippen LogP contribution >= 0.6 is 11.3 Å². The van der Waals surface area contributed by atoms with E-state index < -0.39 is 0 Å². The van der Waals surface area contributed by atoms with Gasteiger partial charge in [0.05, 0.1) is 22.8 Å². The summed E-state index contributed by atoms with van der Waals surface area (Å²) in [6.45, 7) is 2.66. The summed E-state index contributed by atoms with van der Waals surface area (Å²) in [6, 6.07) is 8.38. The maximum absolute atomic E-state index is 5.20. The quantitative estimate of drug-likeness (QED) is 0.798. The molecule has 76 valence electrons.